The number of hydrogen-bond donors (Lipinski definition) is 1. The molecule has 0 saturated heterocycles. The fourth-order valence-corrected chi connectivity index (χ4v) is 1.83. The lowest BCUT2D eigenvalue weighted by Crippen LogP contribution is -2.11. The van der Waals surface area contributed by atoms with Gasteiger partial charge in [0.25, 0.3) is 0 Å². The van der Waals surface area contributed by atoms with Crippen molar-refractivity contribution in [3.63, 3.8) is 0 Å². The third-order valence-electron chi connectivity index (χ3n) is 3.32. The molecule has 100 valence electrons. The summed E-state index contributed by atoms with van der Waals surface area (Å²) in [6.07, 6.45) is 1.42. The van der Waals surface area contributed by atoms with Crippen molar-refractivity contribution in [1.82, 2.24) is 0 Å². The van der Waals surface area contributed by atoms with Crippen LogP contribution in [0.2, 0.25) is 0 Å². The van der Waals surface area contributed by atoms with Gasteiger partial charge in [0.05, 0.1) is 12.5 Å². The predicted molar refractivity (Wildman–Crippen MR) is 72.2 cm³/mol. The minimum atomic E-state index is -0.738. The molecule has 0 aliphatic heterocycles. The highest BCUT2D eigenvalue weighted by Gasteiger charge is 2.11. The van der Waals surface area contributed by atoms with Crippen LogP contribution in [0.5, 0.6) is 5.75 Å². The molecule has 0 aromatic heterocycles. The molecule has 1 unspecified atom stereocenters. The molecule has 1 rings (SSSR count). The highest BCUT2D eigenvalue weighted by molar-refractivity contribution is 5.69. The average molecular weight is 250 g/mol. The molecule has 0 fully saturated rings. The van der Waals surface area contributed by atoms with Gasteiger partial charge in [0.15, 0.2) is 0 Å². The molecule has 0 amide bonds. The number of aryl methyl sites for hydroxylation is 2. The van der Waals surface area contributed by atoms with Crippen LogP contribution in [0.4, 0.5) is 0 Å². The molecule has 0 heterocycles. The Bertz CT molecular complexity index is 424. The summed E-state index contributed by atoms with van der Waals surface area (Å²) in [5.74, 6) is -0.0933. The maximum atomic E-state index is 10.7. The van der Waals surface area contributed by atoms with Gasteiger partial charge in [0.1, 0.15) is 5.75 Å². The Morgan fingerprint density at radius 3 is 2.50 bits per heavy atom. The Labute approximate surface area is 109 Å². The van der Waals surface area contributed by atoms with Gasteiger partial charge in [-0.1, -0.05) is 19.1 Å². The van der Waals surface area contributed by atoms with Crippen LogP contribution in [0.1, 0.15) is 36.5 Å². The van der Waals surface area contributed by atoms with E-state index in [1.54, 1.807) is 6.92 Å². The van der Waals surface area contributed by atoms with Gasteiger partial charge in [-0.05, 0) is 50.3 Å². The monoisotopic (exact) mass is 250 g/mol. The molecule has 1 N–H and O–H groups in total. The molecule has 3 heteroatoms. The Hall–Kier alpha value is -1.51. The Kier molecular flexibility index (Phi) is 5.20. The molecule has 0 radical (unpaired) electrons. The summed E-state index contributed by atoms with van der Waals surface area (Å²) in [6.45, 7) is 8.45. The van der Waals surface area contributed by atoms with Gasteiger partial charge in [0, 0.05) is 0 Å². The van der Waals surface area contributed by atoms with Crippen LogP contribution >= 0.6 is 0 Å². The lowest BCUT2D eigenvalue weighted by Gasteiger charge is -2.14. The first kappa shape index (κ1) is 14.6. The van der Waals surface area contributed by atoms with Crippen molar-refractivity contribution >= 4 is 5.97 Å². The van der Waals surface area contributed by atoms with Crippen LogP contribution in [0.3, 0.4) is 0 Å². The Morgan fingerprint density at radius 1 is 1.28 bits per heavy atom. The standard InChI is InChI=1S/C15H22O3/c1-10-7-8-11(2)14(13(10)4)18-9-5-6-12(3)15(16)17/h7-8,12H,5-6,9H2,1-4H3,(H,16,17). The van der Waals surface area contributed by atoms with Gasteiger partial charge >= 0.3 is 5.97 Å². The molecule has 0 bridgehead atoms. The highest BCUT2D eigenvalue weighted by atomic mass is 16.5. The van der Waals surface area contributed by atoms with Crippen LogP contribution in [-0.4, -0.2) is 17.7 Å². The number of rotatable bonds is 6. The zero-order chi connectivity index (χ0) is 13.7. The van der Waals surface area contributed by atoms with E-state index >= 15 is 0 Å². The summed E-state index contributed by atoms with van der Waals surface area (Å²) in [6, 6.07) is 4.14. The fraction of sp³-hybridized carbons (Fsp3) is 0.533. The molecule has 1 aromatic carbocycles. The number of carbonyl (C=O) groups is 1. The lowest BCUT2D eigenvalue weighted by atomic mass is 10.0. The van der Waals surface area contributed by atoms with Crippen LogP contribution < -0.4 is 4.74 Å². The van der Waals surface area contributed by atoms with Crippen molar-refractivity contribution in [2.45, 2.75) is 40.5 Å². The van der Waals surface area contributed by atoms with Gasteiger partial charge in [-0.15, -0.1) is 0 Å². The molecule has 0 aliphatic carbocycles. The summed E-state index contributed by atoms with van der Waals surface area (Å²) >= 11 is 0. The van der Waals surface area contributed by atoms with Gasteiger partial charge in [-0.2, -0.15) is 0 Å². The smallest absolute Gasteiger partial charge is 0.306 e. The van der Waals surface area contributed by atoms with E-state index in [0.29, 0.717) is 13.0 Å². The van der Waals surface area contributed by atoms with Crippen molar-refractivity contribution in [1.29, 1.82) is 0 Å². The Morgan fingerprint density at radius 2 is 1.89 bits per heavy atom. The zero-order valence-corrected chi connectivity index (χ0v) is 11.6. The third-order valence-corrected chi connectivity index (χ3v) is 3.32. The van der Waals surface area contributed by atoms with Crippen molar-refractivity contribution in [3.05, 3.63) is 28.8 Å². The number of carboxylic acid groups (broad SMARTS) is 1. The summed E-state index contributed by atoms with van der Waals surface area (Å²) in [5, 5.41) is 8.78. The van der Waals surface area contributed by atoms with Crippen molar-refractivity contribution in [2.24, 2.45) is 5.92 Å². The Balaban J connectivity index is 2.50. The molecular weight excluding hydrogens is 228 g/mol. The molecule has 18 heavy (non-hydrogen) atoms. The van der Waals surface area contributed by atoms with E-state index < -0.39 is 5.97 Å². The molecule has 0 spiro atoms. The maximum absolute atomic E-state index is 10.7. The average Bonchev–Trinajstić information content (AvgIpc) is 2.32. The number of hydrogen-bond acceptors (Lipinski definition) is 2. The zero-order valence-electron chi connectivity index (χ0n) is 11.6. The van der Waals surface area contributed by atoms with Crippen molar-refractivity contribution < 1.29 is 14.6 Å². The first-order valence-electron chi connectivity index (χ1n) is 6.36. The van der Waals surface area contributed by atoms with Crippen molar-refractivity contribution in [3.8, 4) is 5.75 Å². The highest BCUT2D eigenvalue weighted by Crippen LogP contribution is 2.25. The lowest BCUT2D eigenvalue weighted by molar-refractivity contribution is -0.141. The summed E-state index contributed by atoms with van der Waals surface area (Å²) in [7, 11) is 0. The van der Waals surface area contributed by atoms with Crippen molar-refractivity contribution in [2.75, 3.05) is 6.61 Å². The first-order chi connectivity index (χ1) is 8.43. The van der Waals surface area contributed by atoms with E-state index in [4.69, 9.17) is 9.84 Å². The van der Waals surface area contributed by atoms with Crippen LogP contribution in [-0.2, 0) is 4.79 Å². The minimum absolute atomic E-state index is 0.298. The SMILES string of the molecule is Cc1ccc(C)c(OCCCC(C)C(=O)O)c1C. The summed E-state index contributed by atoms with van der Waals surface area (Å²) in [4.78, 5) is 10.7. The number of ether oxygens (including phenoxy) is 1. The molecule has 0 aliphatic rings. The van der Waals surface area contributed by atoms with E-state index in [2.05, 4.69) is 26.0 Å². The van der Waals surface area contributed by atoms with Gasteiger partial charge in [0.2, 0.25) is 0 Å². The van der Waals surface area contributed by atoms with Gasteiger partial charge < -0.3 is 9.84 Å². The molecule has 1 atom stereocenters. The third kappa shape index (κ3) is 3.76. The second kappa shape index (κ2) is 6.43. The second-order valence-electron chi connectivity index (χ2n) is 4.88. The number of aliphatic carboxylic acids is 1. The molecule has 0 saturated carbocycles. The van der Waals surface area contributed by atoms with E-state index in [1.807, 2.05) is 6.92 Å². The molecule has 3 nitrogen and oxygen atoms in total. The predicted octanol–water partition coefficient (Wildman–Crippen LogP) is 3.49. The molecule has 1 aromatic rings. The van der Waals surface area contributed by atoms with Crippen LogP contribution in [0.25, 0.3) is 0 Å². The first-order valence-corrected chi connectivity index (χ1v) is 6.36. The van der Waals surface area contributed by atoms with E-state index in [0.717, 1.165) is 17.7 Å². The van der Waals surface area contributed by atoms with Gasteiger partial charge in [-0.25, -0.2) is 0 Å². The van der Waals surface area contributed by atoms with E-state index in [1.165, 1.54) is 11.1 Å². The largest absolute Gasteiger partial charge is 0.493 e. The number of carboxylic acids is 1. The van der Waals surface area contributed by atoms with E-state index in [-0.39, 0.29) is 5.92 Å². The quantitative estimate of drug-likeness (QED) is 0.786. The van der Waals surface area contributed by atoms with E-state index in [9.17, 15) is 4.79 Å². The minimum Gasteiger partial charge on any atom is -0.493 e. The maximum Gasteiger partial charge on any atom is 0.306 e. The number of benzene rings is 1. The van der Waals surface area contributed by atoms with Crippen LogP contribution in [0.15, 0.2) is 12.1 Å². The topological polar surface area (TPSA) is 46.5 Å². The van der Waals surface area contributed by atoms with Crippen LogP contribution in [0, 0.1) is 26.7 Å². The fourth-order valence-electron chi connectivity index (χ4n) is 1.83. The second-order valence-corrected chi connectivity index (χ2v) is 4.88. The normalized spacial score (nSPS) is 12.2. The van der Waals surface area contributed by atoms with Gasteiger partial charge in [-0.3, -0.25) is 4.79 Å². The summed E-state index contributed by atoms with van der Waals surface area (Å²) in [5.41, 5.74) is 3.51. The molecular formula is C15H22O3. The summed E-state index contributed by atoms with van der Waals surface area (Å²) < 4.78 is 5.79.